The topological polar surface area (TPSA) is 73.6 Å². The Morgan fingerprint density at radius 2 is 1.77 bits per heavy atom. The number of nitrogens with two attached hydrogens (primary N) is 1. The highest BCUT2D eigenvalue weighted by Gasteiger charge is 2.32. The highest BCUT2D eigenvalue weighted by atomic mass is 35.5. The first-order chi connectivity index (χ1) is 10.1. The van der Waals surface area contributed by atoms with E-state index in [9.17, 15) is 4.79 Å². The number of rotatable bonds is 8. The monoisotopic (exact) mass is 330 g/mol. The number of halogens is 1. The van der Waals surface area contributed by atoms with Gasteiger partial charge in [-0.2, -0.15) is 0 Å². The SMILES string of the molecule is CCC(CC)(CN)C(=O)NCc1ccc(OC)c(OC)c1.Cl. The highest BCUT2D eigenvalue weighted by molar-refractivity contribution is 5.85. The van der Waals surface area contributed by atoms with Crippen LogP contribution in [-0.2, 0) is 11.3 Å². The first-order valence-corrected chi connectivity index (χ1v) is 7.26. The molecule has 0 bridgehead atoms. The van der Waals surface area contributed by atoms with Gasteiger partial charge in [-0.3, -0.25) is 4.79 Å². The normalized spacial score (nSPS) is 10.6. The summed E-state index contributed by atoms with van der Waals surface area (Å²) in [6, 6.07) is 5.60. The van der Waals surface area contributed by atoms with Crippen molar-refractivity contribution in [1.82, 2.24) is 5.32 Å². The lowest BCUT2D eigenvalue weighted by Gasteiger charge is -2.28. The van der Waals surface area contributed by atoms with Crippen LogP contribution in [0.5, 0.6) is 11.5 Å². The Hall–Kier alpha value is -1.46. The summed E-state index contributed by atoms with van der Waals surface area (Å²) in [5.74, 6) is 1.33. The van der Waals surface area contributed by atoms with Crippen molar-refractivity contribution in [2.75, 3.05) is 20.8 Å². The summed E-state index contributed by atoms with van der Waals surface area (Å²) in [7, 11) is 3.19. The summed E-state index contributed by atoms with van der Waals surface area (Å²) < 4.78 is 10.5. The van der Waals surface area contributed by atoms with Gasteiger partial charge in [-0.1, -0.05) is 19.9 Å². The van der Waals surface area contributed by atoms with Gasteiger partial charge < -0.3 is 20.5 Å². The zero-order chi connectivity index (χ0) is 15.9. The first-order valence-electron chi connectivity index (χ1n) is 7.26. The number of carbonyl (C=O) groups excluding carboxylic acids is 1. The van der Waals surface area contributed by atoms with Crippen molar-refractivity contribution in [3.8, 4) is 11.5 Å². The maximum absolute atomic E-state index is 12.4. The van der Waals surface area contributed by atoms with Crippen LogP contribution in [0, 0.1) is 5.41 Å². The summed E-state index contributed by atoms with van der Waals surface area (Å²) in [6.45, 7) is 4.79. The maximum Gasteiger partial charge on any atom is 0.227 e. The molecule has 1 rings (SSSR count). The van der Waals surface area contributed by atoms with E-state index in [4.69, 9.17) is 15.2 Å². The van der Waals surface area contributed by atoms with E-state index >= 15 is 0 Å². The van der Waals surface area contributed by atoms with Crippen LogP contribution in [0.4, 0.5) is 0 Å². The lowest BCUT2D eigenvalue weighted by Crippen LogP contribution is -2.45. The summed E-state index contributed by atoms with van der Waals surface area (Å²) >= 11 is 0. The standard InChI is InChI=1S/C16H26N2O3.ClH/c1-5-16(6-2,11-17)15(19)18-10-12-7-8-13(20-3)14(9-12)21-4;/h7-9H,5-6,10-11,17H2,1-4H3,(H,18,19);1H. The quantitative estimate of drug-likeness (QED) is 0.768. The van der Waals surface area contributed by atoms with Gasteiger partial charge in [0.2, 0.25) is 5.91 Å². The Morgan fingerprint density at radius 3 is 2.23 bits per heavy atom. The molecule has 6 heteroatoms. The lowest BCUT2D eigenvalue weighted by atomic mass is 9.81. The maximum atomic E-state index is 12.4. The molecule has 126 valence electrons. The zero-order valence-electron chi connectivity index (χ0n) is 13.8. The summed E-state index contributed by atoms with van der Waals surface area (Å²) in [5.41, 5.74) is 6.27. The number of carbonyl (C=O) groups is 1. The van der Waals surface area contributed by atoms with E-state index in [1.54, 1.807) is 14.2 Å². The first kappa shape index (κ1) is 20.5. The number of hydrogen-bond donors (Lipinski definition) is 2. The van der Waals surface area contributed by atoms with Crippen LogP contribution in [-0.4, -0.2) is 26.7 Å². The number of amides is 1. The van der Waals surface area contributed by atoms with Gasteiger partial charge in [0.05, 0.1) is 19.6 Å². The van der Waals surface area contributed by atoms with Gasteiger partial charge in [-0.05, 0) is 30.5 Å². The molecule has 22 heavy (non-hydrogen) atoms. The third-order valence-corrected chi connectivity index (χ3v) is 4.13. The molecular formula is C16H27ClN2O3. The van der Waals surface area contributed by atoms with E-state index in [1.165, 1.54) is 0 Å². The van der Waals surface area contributed by atoms with E-state index in [0.29, 0.717) is 24.6 Å². The molecule has 0 saturated carbocycles. The third-order valence-electron chi connectivity index (χ3n) is 4.13. The van der Waals surface area contributed by atoms with Gasteiger partial charge in [-0.25, -0.2) is 0 Å². The smallest absolute Gasteiger partial charge is 0.227 e. The van der Waals surface area contributed by atoms with Gasteiger partial charge in [-0.15, -0.1) is 12.4 Å². The predicted octanol–water partition coefficient (Wildman–Crippen LogP) is 2.51. The molecule has 0 heterocycles. The van der Waals surface area contributed by atoms with E-state index in [1.807, 2.05) is 32.0 Å². The summed E-state index contributed by atoms with van der Waals surface area (Å²) in [5, 5.41) is 2.97. The number of nitrogens with one attached hydrogen (secondary N) is 1. The zero-order valence-corrected chi connectivity index (χ0v) is 14.6. The van der Waals surface area contributed by atoms with Gasteiger partial charge in [0, 0.05) is 13.1 Å². The average molecular weight is 331 g/mol. The predicted molar refractivity (Wildman–Crippen MR) is 90.7 cm³/mol. The van der Waals surface area contributed by atoms with Crippen molar-refractivity contribution in [2.45, 2.75) is 33.2 Å². The van der Waals surface area contributed by atoms with E-state index in [2.05, 4.69) is 5.32 Å². The summed E-state index contributed by atoms with van der Waals surface area (Å²) in [6.07, 6.45) is 1.47. The summed E-state index contributed by atoms with van der Waals surface area (Å²) in [4.78, 5) is 12.4. The molecule has 0 aliphatic carbocycles. The minimum Gasteiger partial charge on any atom is -0.493 e. The fourth-order valence-electron chi connectivity index (χ4n) is 2.31. The Labute approximate surface area is 139 Å². The van der Waals surface area contributed by atoms with E-state index in [0.717, 1.165) is 18.4 Å². The molecular weight excluding hydrogens is 304 g/mol. The highest BCUT2D eigenvalue weighted by Crippen LogP contribution is 2.28. The van der Waals surface area contributed by atoms with Crippen LogP contribution in [0.15, 0.2) is 18.2 Å². The molecule has 0 atom stereocenters. The van der Waals surface area contributed by atoms with Crippen molar-refractivity contribution in [2.24, 2.45) is 11.1 Å². The lowest BCUT2D eigenvalue weighted by molar-refractivity contribution is -0.131. The fraction of sp³-hybridized carbons (Fsp3) is 0.562. The molecule has 5 nitrogen and oxygen atoms in total. The van der Waals surface area contributed by atoms with Crippen LogP contribution in [0.25, 0.3) is 0 Å². The van der Waals surface area contributed by atoms with Gasteiger partial charge in [0.15, 0.2) is 11.5 Å². The van der Waals surface area contributed by atoms with Crippen molar-refractivity contribution < 1.29 is 14.3 Å². The van der Waals surface area contributed by atoms with Crippen molar-refractivity contribution in [3.05, 3.63) is 23.8 Å². The van der Waals surface area contributed by atoms with Crippen LogP contribution in [0.2, 0.25) is 0 Å². The van der Waals surface area contributed by atoms with Crippen molar-refractivity contribution >= 4 is 18.3 Å². The molecule has 3 N–H and O–H groups in total. The van der Waals surface area contributed by atoms with Crippen LogP contribution >= 0.6 is 12.4 Å². The minimum atomic E-state index is -0.476. The average Bonchev–Trinajstić information content (AvgIpc) is 2.54. The molecule has 0 spiro atoms. The Bertz CT molecular complexity index is 468. The Morgan fingerprint density at radius 1 is 1.18 bits per heavy atom. The third kappa shape index (κ3) is 4.52. The fourth-order valence-corrected chi connectivity index (χ4v) is 2.31. The van der Waals surface area contributed by atoms with E-state index in [-0.39, 0.29) is 18.3 Å². The van der Waals surface area contributed by atoms with Crippen LogP contribution < -0.4 is 20.5 Å². The molecule has 0 unspecified atom stereocenters. The molecule has 0 fully saturated rings. The molecule has 1 aromatic carbocycles. The van der Waals surface area contributed by atoms with Gasteiger partial charge >= 0.3 is 0 Å². The molecule has 0 aliphatic heterocycles. The van der Waals surface area contributed by atoms with Crippen molar-refractivity contribution in [3.63, 3.8) is 0 Å². The number of benzene rings is 1. The van der Waals surface area contributed by atoms with E-state index < -0.39 is 5.41 Å². The minimum absolute atomic E-state index is 0. The Balaban J connectivity index is 0.00000441. The number of hydrogen-bond acceptors (Lipinski definition) is 4. The molecule has 0 radical (unpaired) electrons. The van der Waals surface area contributed by atoms with Gasteiger partial charge in [0.1, 0.15) is 0 Å². The second kappa shape index (κ2) is 9.54. The van der Waals surface area contributed by atoms with Crippen LogP contribution in [0.3, 0.4) is 0 Å². The van der Waals surface area contributed by atoms with Crippen LogP contribution in [0.1, 0.15) is 32.3 Å². The number of ether oxygens (including phenoxy) is 2. The molecule has 0 aromatic heterocycles. The molecule has 1 amide bonds. The van der Waals surface area contributed by atoms with Gasteiger partial charge in [0.25, 0.3) is 0 Å². The Kier molecular flexibility index (Phi) is 8.90. The number of methoxy groups -OCH3 is 2. The second-order valence-electron chi connectivity index (χ2n) is 5.06. The molecule has 0 saturated heterocycles. The largest absolute Gasteiger partial charge is 0.493 e. The molecule has 0 aliphatic rings. The van der Waals surface area contributed by atoms with Crippen molar-refractivity contribution in [1.29, 1.82) is 0 Å². The second-order valence-corrected chi connectivity index (χ2v) is 5.06. The molecule has 1 aromatic rings.